The molecule has 3 rings (SSSR count). The fourth-order valence-electron chi connectivity index (χ4n) is 2.19. The van der Waals surface area contributed by atoms with Crippen molar-refractivity contribution in [2.24, 2.45) is 0 Å². The Balaban J connectivity index is 2.17. The third-order valence-corrected chi connectivity index (χ3v) is 4.17. The van der Waals surface area contributed by atoms with Gasteiger partial charge in [0, 0.05) is 10.9 Å². The Hall–Kier alpha value is -2.54. The number of aromatic nitrogens is 2. The Labute approximate surface area is 135 Å². The molecule has 0 radical (unpaired) electrons. The topological polar surface area (TPSA) is 76.2 Å². The summed E-state index contributed by atoms with van der Waals surface area (Å²) in [5.74, 6) is -0.903. The second-order valence-corrected chi connectivity index (χ2v) is 6.13. The number of carboxylic acids is 1. The van der Waals surface area contributed by atoms with Crippen LogP contribution in [0.4, 0.5) is 4.39 Å². The number of halogens is 1. The van der Waals surface area contributed by atoms with Gasteiger partial charge in [-0.2, -0.15) is 0 Å². The van der Waals surface area contributed by atoms with E-state index in [-0.39, 0.29) is 17.4 Å². The summed E-state index contributed by atoms with van der Waals surface area (Å²) in [5, 5.41) is 15.1. The Bertz CT molecular complexity index is 853. The number of carbonyl (C=O) groups is 1. The average molecular weight is 332 g/mol. The summed E-state index contributed by atoms with van der Waals surface area (Å²) in [5.41, 5.74) is 1.98. The molecule has 2 aromatic heterocycles. The van der Waals surface area contributed by atoms with Gasteiger partial charge < -0.3 is 9.63 Å². The predicted molar refractivity (Wildman–Crippen MR) is 84.1 cm³/mol. The third kappa shape index (κ3) is 2.87. The fraction of sp³-hybridized carbons (Fsp3) is 0.188. The van der Waals surface area contributed by atoms with Crippen LogP contribution in [0, 0.1) is 5.82 Å². The lowest BCUT2D eigenvalue weighted by Crippen LogP contribution is -1.97. The highest BCUT2D eigenvalue weighted by molar-refractivity contribution is 7.13. The smallest absolute Gasteiger partial charge is 0.355 e. The molecule has 7 heteroatoms. The first-order valence-electron chi connectivity index (χ1n) is 6.92. The van der Waals surface area contributed by atoms with Crippen LogP contribution >= 0.6 is 11.3 Å². The van der Waals surface area contributed by atoms with Gasteiger partial charge in [0.15, 0.2) is 11.5 Å². The minimum absolute atomic E-state index is 0.0223. The standard InChI is InChI=1S/C16H13FN2O3S/c1-8(2)13-12(15-18-11(7-23-15)16(20)21)14(22-19-13)9-3-5-10(17)6-4-9/h3-8H,1-2H3,(H,20,21). The molecule has 23 heavy (non-hydrogen) atoms. The zero-order valence-corrected chi connectivity index (χ0v) is 13.2. The number of hydrogen-bond acceptors (Lipinski definition) is 5. The lowest BCUT2D eigenvalue weighted by molar-refractivity contribution is 0.0691. The average Bonchev–Trinajstić information content (AvgIpc) is 3.14. The molecule has 0 aliphatic heterocycles. The summed E-state index contributed by atoms with van der Waals surface area (Å²) in [6.07, 6.45) is 0. The quantitative estimate of drug-likeness (QED) is 0.765. The first-order chi connectivity index (χ1) is 11.0. The van der Waals surface area contributed by atoms with E-state index >= 15 is 0 Å². The van der Waals surface area contributed by atoms with Crippen LogP contribution in [0.3, 0.4) is 0 Å². The molecule has 5 nitrogen and oxygen atoms in total. The molecule has 1 N–H and O–H groups in total. The highest BCUT2D eigenvalue weighted by atomic mass is 32.1. The minimum atomic E-state index is -1.08. The fourth-order valence-corrected chi connectivity index (χ4v) is 3.03. The van der Waals surface area contributed by atoms with E-state index in [0.29, 0.717) is 27.6 Å². The van der Waals surface area contributed by atoms with E-state index in [9.17, 15) is 9.18 Å². The Morgan fingerprint density at radius 2 is 2.00 bits per heavy atom. The number of benzene rings is 1. The minimum Gasteiger partial charge on any atom is -0.476 e. The maximum absolute atomic E-state index is 13.1. The van der Waals surface area contributed by atoms with Crippen LogP contribution in [-0.4, -0.2) is 21.2 Å². The molecule has 118 valence electrons. The van der Waals surface area contributed by atoms with Crippen molar-refractivity contribution in [3.05, 3.63) is 46.9 Å². The molecule has 0 fully saturated rings. The van der Waals surface area contributed by atoms with Crippen LogP contribution in [0.5, 0.6) is 0 Å². The van der Waals surface area contributed by atoms with Gasteiger partial charge in [0.2, 0.25) is 0 Å². The molecule has 0 saturated heterocycles. The van der Waals surface area contributed by atoms with E-state index in [1.807, 2.05) is 13.8 Å². The summed E-state index contributed by atoms with van der Waals surface area (Å²) >= 11 is 1.21. The Morgan fingerprint density at radius 3 is 2.57 bits per heavy atom. The van der Waals surface area contributed by atoms with Crippen molar-refractivity contribution in [3.8, 4) is 21.9 Å². The molecule has 2 heterocycles. The molecule has 0 atom stereocenters. The SMILES string of the molecule is CC(C)c1noc(-c2ccc(F)cc2)c1-c1nc(C(=O)O)cs1. The Morgan fingerprint density at radius 1 is 1.30 bits per heavy atom. The molecule has 0 aliphatic carbocycles. The van der Waals surface area contributed by atoms with E-state index < -0.39 is 5.97 Å². The van der Waals surface area contributed by atoms with Gasteiger partial charge in [-0.25, -0.2) is 14.2 Å². The number of hydrogen-bond donors (Lipinski definition) is 1. The zero-order valence-electron chi connectivity index (χ0n) is 12.4. The van der Waals surface area contributed by atoms with Crippen molar-refractivity contribution in [3.63, 3.8) is 0 Å². The van der Waals surface area contributed by atoms with Crippen LogP contribution < -0.4 is 0 Å². The van der Waals surface area contributed by atoms with Crippen molar-refractivity contribution in [1.82, 2.24) is 10.1 Å². The van der Waals surface area contributed by atoms with Gasteiger partial charge in [0.05, 0.1) is 11.3 Å². The molecule has 0 aliphatic rings. The van der Waals surface area contributed by atoms with E-state index in [0.717, 1.165) is 0 Å². The molecule has 0 spiro atoms. The van der Waals surface area contributed by atoms with Gasteiger partial charge >= 0.3 is 5.97 Å². The molecule has 0 saturated carbocycles. The van der Waals surface area contributed by atoms with Gasteiger partial charge in [-0.05, 0) is 30.2 Å². The lowest BCUT2D eigenvalue weighted by Gasteiger charge is -2.03. The normalized spacial score (nSPS) is 11.1. The molecule has 0 amide bonds. The number of carboxylic acid groups (broad SMARTS) is 1. The molecule has 0 bridgehead atoms. The van der Waals surface area contributed by atoms with Gasteiger partial charge in [0.25, 0.3) is 0 Å². The van der Waals surface area contributed by atoms with Crippen LogP contribution in [0.2, 0.25) is 0 Å². The molecule has 3 aromatic rings. The number of nitrogens with zero attached hydrogens (tertiary/aromatic N) is 2. The van der Waals surface area contributed by atoms with Crippen LogP contribution in [0.25, 0.3) is 21.9 Å². The van der Waals surface area contributed by atoms with E-state index in [4.69, 9.17) is 9.63 Å². The van der Waals surface area contributed by atoms with Gasteiger partial charge in [0.1, 0.15) is 10.8 Å². The summed E-state index contributed by atoms with van der Waals surface area (Å²) in [6, 6.07) is 5.85. The molecule has 0 unspecified atom stereocenters. The number of thiazole rings is 1. The van der Waals surface area contributed by atoms with E-state index in [2.05, 4.69) is 10.1 Å². The second-order valence-electron chi connectivity index (χ2n) is 5.28. The predicted octanol–water partition coefficient (Wildman–Crippen LogP) is 4.43. The maximum atomic E-state index is 13.1. The zero-order chi connectivity index (χ0) is 16.6. The van der Waals surface area contributed by atoms with Crippen LogP contribution in [0.15, 0.2) is 34.2 Å². The van der Waals surface area contributed by atoms with Crippen molar-refractivity contribution in [2.45, 2.75) is 19.8 Å². The van der Waals surface area contributed by atoms with Crippen molar-refractivity contribution in [2.75, 3.05) is 0 Å². The lowest BCUT2D eigenvalue weighted by atomic mass is 10.0. The van der Waals surface area contributed by atoms with E-state index in [1.165, 1.54) is 28.8 Å². The number of rotatable bonds is 4. The van der Waals surface area contributed by atoms with Gasteiger partial charge in [-0.3, -0.25) is 0 Å². The molecular formula is C16H13FN2O3S. The van der Waals surface area contributed by atoms with Gasteiger partial charge in [-0.1, -0.05) is 19.0 Å². The van der Waals surface area contributed by atoms with Crippen molar-refractivity contribution < 1.29 is 18.8 Å². The maximum Gasteiger partial charge on any atom is 0.355 e. The summed E-state index contributed by atoms with van der Waals surface area (Å²) < 4.78 is 18.6. The first-order valence-corrected chi connectivity index (χ1v) is 7.80. The third-order valence-electron chi connectivity index (χ3n) is 3.31. The van der Waals surface area contributed by atoms with E-state index in [1.54, 1.807) is 12.1 Å². The molecule has 1 aromatic carbocycles. The highest BCUT2D eigenvalue weighted by Crippen LogP contribution is 2.39. The van der Waals surface area contributed by atoms with Crippen LogP contribution in [-0.2, 0) is 0 Å². The summed E-state index contributed by atoms with van der Waals surface area (Å²) in [4.78, 5) is 15.2. The van der Waals surface area contributed by atoms with Crippen molar-refractivity contribution >= 4 is 17.3 Å². The Kier molecular flexibility index (Phi) is 3.96. The van der Waals surface area contributed by atoms with Crippen LogP contribution in [0.1, 0.15) is 35.9 Å². The van der Waals surface area contributed by atoms with Gasteiger partial charge in [-0.15, -0.1) is 11.3 Å². The summed E-state index contributed by atoms with van der Waals surface area (Å²) in [7, 11) is 0. The number of aromatic carboxylic acids is 1. The molecular weight excluding hydrogens is 319 g/mol. The monoisotopic (exact) mass is 332 g/mol. The van der Waals surface area contributed by atoms with Crippen molar-refractivity contribution in [1.29, 1.82) is 0 Å². The first kappa shape index (κ1) is 15.4. The summed E-state index contributed by atoms with van der Waals surface area (Å²) in [6.45, 7) is 3.92. The second kappa shape index (κ2) is 5.92. The highest BCUT2D eigenvalue weighted by Gasteiger charge is 2.24. The largest absolute Gasteiger partial charge is 0.476 e.